The smallest absolute Gasteiger partial charge is 0.152 e. The lowest BCUT2D eigenvalue weighted by atomic mass is 9.96. The maximum absolute atomic E-state index is 6.11. The third-order valence-electron chi connectivity index (χ3n) is 3.25. The minimum absolute atomic E-state index is 0.0471. The molecule has 0 saturated carbocycles. The molecule has 2 atom stereocenters. The summed E-state index contributed by atoms with van der Waals surface area (Å²) in [5.74, 6) is 0.951. The summed E-state index contributed by atoms with van der Waals surface area (Å²) in [6.07, 6.45) is 2.81. The molecule has 1 aromatic carbocycles. The molecular weight excluding hydrogens is 324 g/mol. The maximum atomic E-state index is 6.11. The van der Waals surface area contributed by atoms with Gasteiger partial charge in [0.1, 0.15) is 10.8 Å². The van der Waals surface area contributed by atoms with Crippen molar-refractivity contribution in [2.75, 3.05) is 6.54 Å². The Balaban J connectivity index is 1.95. The van der Waals surface area contributed by atoms with Crippen LogP contribution in [0.5, 0.6) is 5.75 Å². The van der Waals surface area contributed by atoms with Gasteiger partial charge in [-0.2, -0.15) is 0 Å². The Morgan fingerprint density at radius 1 is 1.53 bits per heavy atom. The highest BCUT2D eigenvalue weighted by molar-refractivity contribution is 9.10. The van der Waals surface area contributed by atoms with Gasteiger partial charge in [0.2, 0.25) is 0 Å². The highest BCUT2D eigenvalue weighted by Gasteiger charge is 2.30. The Kier molecular flexibility index (Phi) is 3.86. The molecule has 3 nitrogen and oxygen atoms in total. The van der Waals surface area contributed by atoms with Gasteiger partial charge in [-0.3, -0.25) is 0 Å². The fourth-order valence-electron chi connectivity index (χ4n) is 2.42. The highest BCUT2D eigenvalue weighted by atomic mass is 79.9. The molecule has 3 rings (SSSR count). The lowest BCUT2D eigenvalue weighted by Crippen LogP contribution is -2.28. The lowest BCUT2D eigenvalue weighted by molar-refractivity contribution is 0.151. The van der Waals surface area contributed by atoms with Gasteiger partial charge in [-0.15, -0.1) is 11.3 Å². The Morgan fingerprint density at radius 2 is 2.42 bits per heavy atom. The molecule has 1 aromatic heterocycles. The number of hydrogen-bond acceptors (Lipinski definition) is 4. The average Bonchev–Trinajstić information content (AvgIpc) is 2.92. The molecule has 0 amide bonds. The third kappa shape index (κ3) is 2.68. The zero-order chi connectivity index (χ0) is 13.2. The fourth-order valence-corrected chi connectivity index (χ4v) is 3.44. The molecule has 100 valence electrons. The van der Waals surface area contributed by atoms with Crippen molar-refractivity contribution in [2.45, 2.75) is 25.5 Å². The number of ether oxygens (including phenoxy) is 1. The lowest BCUT2D eigenvalue weighted by Gasteiger charge is -2.31. The highest BCUT2D eigenvalue weighted by Crippen LogP contribution is 2.42. The van der Waals surface area contributed by atoms with Crippen LogP contribution in [0.15, 0.2) is 34.2 Å². The number of nitrogens with one attached hydrogen (secondary N) is 1. The van der Waals surface area contributed by atoms with Gasteiger partial charge >= 0.3 is 0 Å². The summed E-state index contributed by atoms with van der Waals surface area (Å²) in [5.41, 5.74) is 1.23. The standard InChI is InChI=1S/C14H15BrN2OS/c1-2-16-11-8-13(14-17-5-6-19-14)18-12-7-9(15)3-4-10(11)12/h3-7,11,13,16H,2,8H2,1H3. The SMILES string of the molecule is CCNC1CC(c2nccs2)Oc2cc(Br)ccc21. The number of fused-ring (bicyclic) bond motifs is 1. The van der Waals surface area contributed by atoms with Crippen molar-refractivity contribution in [3.8, 4) is 5.75 Å². The van der Waals surface area contributed by atoms with Crippen LogP contribution in [0.25, 0.3) is 0 Å². The normalized spacial score (nSPS) is 21.8. The number of thiazole rings is 1. The van der Waals surface area contributed by atoms with Gasteiger partial charge in [-0.1, -0.05) is 28.9 Å². The molecule has 0 spiro atoms. The summed E-state index contributed by atoms with van der Waals surface area (Å²) in [4.78, 5) is 4.38. The van der Waals surface area contributed by atoms with E-state index in [2.05, 4.69) is 45.3 Å². The summed E-state index contributed by atoms with van der Waals surface area (Å²) in [6.45, 7) is 3.08. The Labute approximate surface area is 125 Å². The van der Waals surface area contributed by atoms with Crippen LogP contribution in [-0.2, 0) is 0 Å². The molecule has 1 N–H and O–H groups in total. The zero-order valence-corrected chi connectivity index (χ0v) is 13.0. The van der Waals surface area contributed by atoms with E-state index < -0.39 is 0 Å². The molecule has 0 fully saturated rings. The van der Waals surface area contributed by atoms with Gasteiger partial charge in [-0.05, 0) is 18.7 Å². The quantitative estimate of drug-likeness (QED) is 0.915. The van der Waals surface area contributed by atoms with Gasteiger partial charge in [0.25, 0.3) is 0 Å². The molecule has 5 heteroatoms. The number of halogens is 1. The van der Waals surface area contributed by atoms with Crippen molar-refractivity contribution in [1.82, 2.24) is 10.3 Å². The number of benzene rings is 1. The first-order valence-electron chi connectivity index (χ1n) is 6.36. The zero-order valence-electron chi connectivity index (χ0n) is 10.6. The van der Waals surface area contributed by atoms with E-state index in [0.717, 1.165) is 28.2 Å². The average molecular weight is 339 g/mol. The number of hydrogen-bond donors (Lipinski definition) is 1. The third-order valence-corrected chi connectivity index (χ3v) is 4.61. The molecule has 1 aliphatic heterocycles. The first-order chi connectivity index (χ1) is 9.28. The van der Waals surface area contributed by atoms with E-state index >= 15 is 0 Å². The van der Waals surface area contributed by atoms with E-state index in [0.29, 0.717) is 6.04 Å². The number of nitrogens with zero attached hydrogens (tertiary/aromatic N) is 1. The predicted molar refractivity (Wildman–Crippen MR) is 80.7 cm³/mol. The van der Waals surface area contributed by atoms with Crippen molar-refractivity contribution in [2.24, 2.45) is 0 Å². The van der Waals surface area contributed by atoms with E-state index in [1.54, 1.807) is 11.3 Å². The predicted octanol–water partition coefficient (Wildman–Crippen LogP) is 4.08. The molecule has 2 aromatic rings. The van der Waals surface area contributed by atoms with Crippen LogP contribution in [-0.4, -0.2) is 11.5 Å². The topological polar surface area (TPSA) is 34.2 Å². The Bertz CT molecular complexity index is 559. The molecule has 19 heavy (non-hydrogen) atoms. The molecule has 2 heterocycles. The van der Waals surface area contributed by atoms with Gasteiger partial charge in [0.15, 0.2) is 6.10 Å². The van der Waals surface area contributed by atoms with Crippen molar-refractivity contribution in [1.29, 1.82) is 0 Å². The van der Waals surface area contributed by atoms with Crippen molar-refractivity contribution >= 4 is 27.3 Å². The van der Waals surface area contributed by atoms with E-state index in [4.69, 9.17) is 4.74 Å². The summed E-state index contributed by atoms with van der Waals surface area (Å²) < 4.78 is 7.15. The molecule has 2 unspecified atom stereocenters. The largest absolute Gasteiger partial charge is 0.483 e. The summed E-state index contributed by atoms with van der Waals surface area (Å²) in [7, 11) is 0. The van der Waals surface area contributed by atoms with Crippen LogP contribution >= 0.6 is 27.3 Å². The summed E-state index contributed by atoms with van der Waals surface area (Å²) >= 11 is 5.16. The molecule has 0 saturated heterocycles. The van der Waals surface area contributed by atoms with Gasteiger partial charge in [0, 0.05) is 34.1 Å². The summed E-state index contributed by atoms with van der Waals surface area (Å²) in [6, 6.07) is 6.57. The second-order valence-corrected chi connectivity index (χ2v) is 6.35. The first kappa shape index (κ1) is 13.1. The van der Waals surface area contributed by atoms with Crippen LogP contribution in [0.2, 0.25) is 0 Å². The number of rotatable bonds is 3. The van der Waals surface area contributed by atoms with Crippen molar-refractivity contribution in [3.05, 3.63) is 44.8 Å². The second-order valence-electron chi connectivity index (χ2n) is 4.50. The molecule has 0 bridgehead atoms. The van der Waals surface area contributed by atoms with Crippen molar-refractivity contribution < 1.29 is 4.74 Å². The van der Waals surface area contributed by atoms with Crippen LogP contribution < -0.4 is 10.1 Å². The second kappa shape index (κ2) is 5.61. The fraction of sp³-hybridized carbons (Fsp3) is 0.357. The van der Waals surface area contributed by atoms with E-state index in [1.165, 1.54) is 5.56 Å². The summed E-state index contributed by atoms with van der Waals surface area (Å²) in [5, 5.41) is 6.58. The van der Waals surface area contributed by atoms with E-state index in [1.807, 2.05) is 17.6 Å². The minimum atomic E-state index is 0.0471. The molecule has 1 aliphatic rings. The van der Waals surface area contributed by atoms with Crippen LogP contribution in [0.4, 0.5) is 0 Å². The van der Waals surface area contributed by atoms with Gasteiger partial charge in [0.05, 0.1) is 0 Å². The van der Waals surface area contributed by atoms with E-state index in [-0.39, 0.29) is 6.10 Å². The van der Waals surface area contributed by atoms with Gasteiger partial charge in [-0.25, -0.2) is 4.98 Å². The van der Waals surface area contributed by atoms with Gasteiger partial charge < -0.3 is 10.1 Å². The van der Waals surface area contributed by atoms with Crippen LogP contribution in [0.1, 0.15) is 36.1 Å². The Morgan fingerprint density at radius 3 is 3.16 bits per heavy atom. The maximum Gasteiger partial charge on any atom is 0.152 e. The van der Waals surface area contributed by atoms with Crippen LogP contribution in [0, 0.1) is 0 Å². The monoisotopic (exact) mass is 338 g/mol. The Hall–Kier alpha value is -0.910. The number of aromatic nitrogens is 1. The molecule has 0 aliphatic carbocycles. The molecular formula is C14H15BrN2OS. The van der Waals surface area contributed by atoms with Crippen LogP contribution in [0.3, 0.4) is 0 Å². The van der Waals surface area contributed by atoms with E-state index in [9.17, 15) is 0 Å². The van der Waals surface area contributed by atoms with Crippen molar-refractivity contribution in [3.63, 3.8) is 0 Å². The molecule has 0 radical (unpaired) electrons. The first-order valence-corrected chi connectivity index (χ1v) is 8.04. The minimum Gasteiger partial charge on any atom is -0.483 e.